The maximum atomic E-state index is 12.8. The molecule has 0 fully saturated rings. The molecule has 0 radical (unpaired) electrons. The van der Waals surface area contributed by atoms with Crippen molar-refractivity contribution >= 4 is 11.3 Å². The summed E-state index contributed by atoms with van der Waals surface area (Å²) in [4.78, 5) is 15.6. The van der Waals surface area contributed by atoms with Gasteiger partial charge < -0.3 is 5.73 Å². The van der Waals surface area contributed by atoms with Crippen molar-refractivity contribution in [3.05, 3.63) is 40.2 Å². The van der Waals surface area contributed by atoms with Crippen molar-refractivity contribution < 1.29 is 4.39 Å². The highest BCUT2D eigenvalue weighted by molar-refractivity contribution is 5.48. The summed E-state index contributed by atoms with van der Waals surface area (Å²) in [7, 11) is 0. The number of hydrogen-bond acceptors (Lipinski definition) is 3. The van der Waals surface area contributed by atoms with Crippen LogP contribution in [0.25, 0.3) is 5.65 Å². The average Bonchev–Trinajstić information content (AvgIpc) is 2.16. The molecule has 72 valence electrons. The van der Waals surface area contributed by atoms with E-state index in [9.17, 15) is 9.18 Å². The Bertz CT molecular complexity index is 562. The summed E-state index contributed by atoms with van der Waals surface area (Å²) in [5, 5.41) is 0. The van der Waals surface area contributed by atoms with Gasteiger partial charge in [-0.05, 0) is 19.1 Å². The minimum Gasteiger partial charge on any atom is -0.393 e. The molecule has 0 spiro atoms. The molecule has 2 aromatic rings. The molecule has 0 saturated heterocycles. The fourth-order valence-corrected chi connectivity index (χ4v) is 1.24. The quantitative estimate of drug-likeness (QED) is 0.670. The van der Waals surface area contributed by atoms with Gasteiger partial charge in [-0.25, -0.2) is 9.37 Å². The van der Waals surface area contributed by atoms with E-state index >= 15 is 0 Å². The van der Waals surface area contributed by atoms with Crippen molar-refractivity contribution in [2.24, 2.45) is 0 Å². The summed E-state index contributed by atoms with van der Waals surface area (Å²) < 4.78 is 13.9. The predicted octanol–water partition coefficient (Wildman–Crippen LogP) is 0.724. The zero-order valence-corrected chi connectivity index (χ0v) is 7.49. The van der Waals surface area contributed by atoms with Gasteiger partial charge >= 0.3 is 0 Å². The zero-order valence-electron chi connectivity index (χ0n) is 7.49. The van der Waals surface area contributed by atoms with Crippen LogP contribution in [0, 0.1) is 12.7 Å². The summed E-state index contributed by atoms with van der Waals surface area (Å²) in [6.45, 7) is 1.64. The molecule has 0 aliphatic carbocycles. The largest absolute Gasteiger partial charge is 0.393 e. The Morgan fingerprint density at radius 2 is 2.21 bits per heavy atom. The summed E-state index contributed by atoms with van der Waals surface area (Å²) in [6, 6.07) is 2.68. The first-order valence-electron chi connectivity index (χ1n) is 4.03. The number of fused-ring (bicyclic) bond motifs is 1. The van der Waals surface area contributed by atoms with Gasteiger partial charge in [0, 0.05) is 6.20 Å². The van der Waals surface area contributed by atoms with E-state index in [1.165, 1.54) is 12.1 Å². The van der Waals surface area contributed by atoms with E-state index in [1.54, 1.807) is 6.92 Å². The number of aromatic nitrogens is 2. The molecule has 2 heterocycles. The third-order valence-corrected chi connectivity index (χ3v) is 2.01. The number of pyridine rings is 1. The Morgan fingerprint density at radius 1 is 1.50 bits per heavy atom. The summed E-state index contributed by atoms with van der Waals surface area (Å²) in [6.07, 6.45) is 1.07. The van der Waals surface area contributed by atoms with Gasteiger partial charge in [-0.1, -0.05) is 0 Å². The third-order valence-electron chi connectivity index (χ3n) is 2.01. The Hall–Kier alpha value is -1.91. The van der Waals surface area contributed by atoms with E-state index in [-0.39, 0.29) is 5.69 Å². The fourth-order valence-electron chi connectivity index (χ4n) is 1.24. The van der Waals surface area contributed by atoms with Gasteiger partial charge in [0.25, 0.3) is 5.56 Å². The molecule has 0 bridgehead atoms. The first-order chi connectivity index (χ1) is 6.59. The lowest BCUT2D eigenvalue weighted by Gasteiger charge is -2.03. The lowest BCUT2D eigenvalue weighted by atomic mass is 10.3. The standard InChI is InChI=1S/C9H8FN3O/c1-5-8(11)9(14)13-4-6(10)2-3-7(13)12-5/h2-4H,11H2,1H3. The van der Waals surface area contributed by atoms with Crippen molar-refractivity contribution in [2.45, 2.75) is 6.92 Å². The van der Waals surface area contributed by atoms with Crippen LogP contribution in [-0.2, 0) is 0 Å². The maximum absolute atomic E-state index is 12.8. The molecule has 14 heavy (non-hydrogen) atoms. The van der Waals surface area contributed by atoms with Crippen molar-refractivity contribution in [1.82, 2.24) is 9.38 Å². The number of halogens is 1. The number of hydrogen-bond donors (Lipinski definition) is 1. The molecule has 0 aliphatic rings. The lowest BCUT2D eigenvalue weighted by Crippen LogP contribution is -2.20. The van der Waals surface area contributed by atoms with Gasteiger partial charge in [0.05, 0.1) is 5.69 Å². The van der Waals surface area contributed by atoms with E-state index in [0.717, 1.165) is 10.6 Å². The van der Waals surface area contributed by atoms with Crippen molar-refractivity contribution in [2.75, 3.05) is 5.73 Å². The molecule has 0 amide bonds. The Kier molecular flexibility index (Phi) is 1.73. The van der Waals surface area contributed by atoms with Crippen LogP contribution in [0.3, 0.4) is 0 Å². The fraction of sp³-hybridized carbons (Fsp3) is 0.111. The number of nitrogens with zero attached hydrogens (tertiary/aromatic N) is 2. The maximum Gasteiger partial charge on any atom is 0.281 e. The molecule has 2 N–H and O–H groups in total. The van der Waals surface area contributed by atoms with Crippen molar-refractivity contribution in [1.29, 1.82) is 0 Å². The average molecular weight is 193 g/mol. The number of aryl methyl sites for hydroxylation is 1. The summed E-state index contributed by atoms with van der Waals surface area (Å²) in [5.41, 5.74) is 5.94. The molecule has 0 aliphatic heterocycles. The number of rotatable bonds is 0. The lowest BCUT2D eigenvalue weighted by molar-refractivity contribution is 0.617. The van der Waals surface area contributed by atoms with Crippen LogP contribution in [0.15, 0.2) is 23.1 Å². The van der Waals surface area contributed by atoms with Gasteiger partial charge in [0.2, 0.25) is 0 Å². The van der Waals surface area contributed by atoms with Gasteiger partial charge in [-0.2, -0.15) is 0 Å². The molecule has 2 aromatic heterocycles. The molecule has 5 heteroatoms. The molecule has 4 nitrogen and oxygen atoms in total. The van der Waals surface area contributed by atoms with E-state index < -0.39 is 11.4 Å². The van der Waals surface area contributed by atoms with Gasteiger partial charge in [-0.15, -0.1) is 0 Å². The SMILES string of the molecule is Cc1nc2ccc(F)cn2c(=O)c1N. The number of nitrogen functional groups attached to an aromatic ring is 1. The minimum atomic E-state index is -0.496. The topological polar surface area (TPSA) is 60.4 Å². The Balaban J connectivity index is 2.99. The van der Waals surface area contributed by atoms with Crippen LogP contribution in [0.4, 0.5) is 10.1 Å². The zero-order chi connectivity index (χ0) is 10.3. The monoisotopic (exact) mass is 193 g/mol. The Labute approximate surface area is 78.8 Å². The Morgan fingerprint density at radius 3 is 2.93 bits per heavy atom. The van der Waals surface area contributed by atoms with Crippen LogP contribution in [0.1, 0.15) is 5.69 Å². The van der Waals surface area contributed by atoms with E-state index in [0.29, 0.717) is 11.3 Å². The van der Waals surface area contributed by atoms with Gasteiger partial charge in [-0.3, -0.25) is 9.20 Å². The second-order valence-corrected chi connectivity index (χ2v) is 2.99. The molecule has 2 rings (SSSR count). The van der Waals surface area contributed by atoms with Crippen LogP contribution in [-0.4, -0.2) is 9.38 Å². The molecule has 0 saturated carbocycles. The second kappa shape index (κ2) is 2.80. The molecule has 0 aromatic carbocycles. The molecule has 0 atom stereocenters. The first kappa shape index (κ1) is 8.68. The van der Waals surface area contributed by atoms with Gasteiger partial charge in [0.1, 0.15) is 17.2 Å². The molecule has 0 unspecified atom stereocenters. The van der Waals surface area contributed by atoms with Crippen LogP contribution in [0.5, 0.6) is 0 Å². The van der Waals surface area contributed by atoms with E-state index in [4.69, 9.17) is 5.73 Å². The van der Waals surface area contributed by atoms with E-state index in [1.807, 2.05) is 0 Å². The third kappa shape index (κ3) is 1.14. The predicted molar refractivity (Wildman–Crippen MR) is 50.6 cm³/mol. The highest BCUT2D eigenvalue weighted by Gasteiger charge is 2.05. The van der Waals surface area contributed by atoms with Crippen LogP contribution < -0.4 is 11.3 Å². The second-order valence-electron chi connectivity index (χ2n) is 2.99. The first-order valence-corrected chi connectivity index (χ1v) is 4.03. The van der Waals surface area contributed by atoms with Crippen LogP contribution in [0.2, 0.25) is 0 Å². The van der Waals surface area contributed by atoms with Crippen molar-refractivity contribution in [3.8, 4) is 0 Å². The summed E-state index contributed by atoms with van der Waals surface area (Å²) >= 11 is 0. The molecular formula is C9H8FN3O. The normalized spacial score (nSPS) is 10.7. The number of nitrogens with two attached hydrogens (primary N) is 1. The minimum absolute atomic E-state index is 0.0492. The molecular weight excluding hydrogens is 185 g/mol. The van der Waals surface area contributed by atoms with Crippen LogP contribution >= 0.6 is 0 Å². The summed E-state index contributed by atoms with van der Waals surface area (Å²) in [5.74, 6) is -0.496. The number of anilines is 1. The highest BCUT2D eigenvalue weighted by Crippen LogP contribution is 2.05. The van der Waals surface area contributed by atoms with E-state index in [2.05, 4.69) is 4.98 Å². The highest BCUT2D eigenvalue weighted by atomic mass is 19.1. The smallest absolute Gasteiger partial charge is 0.281 e. The van der Waals surface area contributed by atoms with Crippen molar-refractivity contribution in [3.63, 3.8) is 0 Å². The van der Waals surface area contributed by atoms with Gasteiger partial charge in [0.15, 0.2) is 0 Å².